The molecule has 0 aromatic rings. The van der Waals surface area contributed by atoms with Crippen molar-refractivity contribution in [2.24, 2.45) is 5.92 Å². The summed E-state index contributed by atoms with van der Waals surface area (Å²) in [5, 5.41) is 11.7. The number of carboxylic acids is 1. The molecule has 2 N–H and O–H groups in total. The summed E-state index contributed by atoms with van der Waals surface area (Å²) >= 11 is 0. The number of nitrogens with one attached hydrogen (secondary N) is 1. The molecule has 1 saturated carbocycles. The molecule has 102 valence electrons. The Morgan fingerprint density at radius 1 is 1.44 bits per heavy atom. The summed E-state index contributed by atoms with van der Waals surface area (Å²) < 4.78 is 0. The topological polar surface area (TPSA) is 69.6 Å². The molecule has 1 unspecified atom stereocenters. The molecule has 0 spiro atoms. The standard InChI is InChI=1S/C13H22N2O3/c1-13(6-7-13)14-12(18)15-8-2-3-10(9-15)4-5-11(16)17/h10H,2-9H2,1H3,(H,14,18)(H,16,17). The molecular formula is C13H22N2O3. The molecule has 0 bridgehead atoms. The van der Waals surface area contributed by atoms with Gasteiger partial charge in [-0.3, -0.25) is 4.79 Å². The van der Waals surface area contributed by atoms with Crippen LogP contribution in [0.3, 0.4) is 0 Å². The lowest BCUT2D eigenvalue weighted by molar-refractivity contribution is -0.137. The number of amides is 2. The average Bonchev–Trinajstić information content (AvgIpc) is 3.04. The number of hydrogen-bond acceptors (Lipinski definition) is 2. The lowest BCUT2D eigenvalue weighted by Crippen LogP contribution is -2.48. The predicted molar refractivity (Wildman–Crippen MR) is 67.3 cm³/mol. The van der Waals surface area contributed by atoms with Gasteiger partial charge in [0.05, 0.1) is 0 Å². The number of piperidine rings is 1. The van der Waals surface area contributed by atoms with Crippen LogP contribution in [0.1, 0.15) is 45.4 Å². The molecule has 1 saturated heterocycles. The Kier molecular flexibility index (Phi) is 3.78. The lowest BCUT2D eigenvalue weighted by Gasteiger charge is -2.33. The molecule has 0 radical (unpaired) electrons. The fourth-order valence-electron chi connectivity index (χ4n) is 2.46. The molecule has 2 fully saturated rings. The number of nitrogens with zero attached hydrogens (tertiary/aromatic N) is 1. The second-order valence-electron chi connectivity index (χ2n) is 5.88. The summed E-state index contributed by atoms with van der Waals surface area (Å²) in [6.45, 7) is 3.57. The molecule has 0 aromatic carbocycles. The van der Waals surface area contributed by atoms with Crippen LogP contribution < -0.4 is 5.32 Å². The van der Waals surface area contributed by atoms with Gasteiger partial charge in [0, 0.05) is 25.0 Å². The van der Waals surface area contributed by atoms with E-state index in [2.05, 4.69) is 12.2 Å². The van der Waals surface area contributed by atoms with E-state index in [-0.39, 0.29) is 18.0 Å². The van der Waals surface area contributed by atoms with E-state index in [4.69, 9.17) is 5.11 Å². The van der Waals surface area contributed by atoms with Crippen molar-refractivity contribution in [3.63, 3.8) is 0 Å². The first-order chi connectivity index (χ1) is 8.48. The van der Waals surface area contributed by atoms with Gasteiger partial charge >= 0.3 is 12.0 Å². The van der Waals surface area contributed by atoms with Gasteiger partial charge in [-0.25, -0.2) is 4.79 Å². The fraction of sp³-hybridized carbons (Fsp3) is 0.846. The average molecular weight is 254 g/mol. The maximum atomic E-state index is 12.0. The number of likely N-dealkylation sites (tertiary alicyclic amines) is 1. The quantitative estimate of drug-likeness (QED) is 0.804. The first kappa shape index (κ1) is 13.2. The van der Waals surface area contributed by atoms with Gasteiger partial charge in [-0.2, -0.15) is 0 Å². The van der Waals surface area contributed by atoms with Crippen LogP contribution >= 0.6 is 0 Å². The Hall–Kier alpha value is -1.26. The van der Waals surface area contributed by atoms with E-state index in [1.54, 1.807) is 0 Å². The third-order valence-electron chi connectivity index (χ3n) is 3.98. The molecule has 2 rings (SSSR count). The summed E-state index contributed by atoms with van der Waals surface area (Å²) in [5.41, 5.74) is 0.0189. The first-order valence-electron chi connectivity index (χ1n) is 6.77. The highest BCUT2D eigenvalue weighted by Gasteiger charge is 2.40. The molecule has 0 aromatic heterocycles. The molecule has 2 amide bonds. The van der Waals surface area contributed by atoms with Crippen molar-refractivity contribution in [1.82, 2.24) is 10.2 Å². The smallest absolute Gasteiger partial charge is 0.317 e. The van der Waals surface area contributed by atoms with Crippen LogP contribution in [0.2, 0.25) is 0 Å². The second-order valence-corrected chi connectivity index (χ2v) is 5.88. The van der Waals surface area contributed by atoms with Gasteiger partial charge in [-0.1, -0.05) is 0 Å². The Bertz CT molecular complexity index is 339. The minimum absolute atomic E-state index is 0.0189. The summed E-state index contributed by atoms with van der Waals surface area (Å²) in [7, 11) is 0. The zero-order valence-electron chi connectivity index (χ0n) is 10.9. The van der Waals surface area contributed by atoms with Gasteiger partial charge in [0.15, 0.2) is 0 Å². The van der Waals surface area contributed by atoms with Crippen molar-refractivity contribution in [1.29, 1.82) is 0 Å². The zero-order valence-corrected chi connectivity index (χ0v) is 10.9. The summed E-state index contributed by atoms with van der Waals surface area (Å²) in [4.78, 5) is 24.4. The minimum Gasteiger partial charge on any atom is -0.481 e. The van der Waals surface area contributed by atoms with E-state index in [9.17, 15) is 9.59 Å². The number of aliphatic carboxylic acids is 1. The van der Waals surface area contributed by atoms with Crippen LogP contribution in [0.25, 0.3) is 0 Å². The van der Waals surface area contributed by atoms with Crippen LogP contribution in [0.4, 0.5) is 4.79 Å². The van der Waals surface area contributed by atoms with Gasteiger partial charge in [0.2, 0.25) is 0 Å². The largest absolute Gasteiger partial charge is 0.481 e. The Labute approximate surface area is 108 Å². The molecular weight excluding hydrogens is 232 g/mol. The van der Waals surface area contributed by atoms with Crippen LogP contribution in [0.5, 0.6) is 0 Å². The van der Waals surface area contributed by atoms with E-state index in [1.165, 1.54) is 0 Å². The SMILES string of the molecule is CC1(NC(=O)N2CCCC(CCC(=O)O)C2)CC1. The maximum Gasteiger partial charge on any atom is 0.317 e. The number of rotatable bonds is 4. The Morgan fingerprint density at radius 2 is 2.17 bits per heavy atom. The highest BCUT2D eigenvalue weighted by atomic mass is 16.4. The van der Waals surface area contributed by atoms with Crippen LogP contribution in [-0.2, 0) is 4.79 Å². The van der Waals surface area contributed by atoms with Crippen molar-refractivity contribution in [2.45, 2.75) is 51.0 Å². The van der Waals surface area contributed by atoms with Gasteiger partial charge in [-0.05, 0) is 44.9 Å². The van der Waals surface area contributed by atoms with Gasteiger partial charge in [0.25, 0.3) is 0 Å². The first-order valence-corrected chi connectivity index (χ1v) is 6.77. The Balaban J connectivity index is 1.78. The van der Waals surface area contributed by atoms with E-state index >= 15 is 0 Å². The van der Waals surface area contributed by atoms with E-state index in [0.717, 1.165) is 32.2 Å². The van der Waals surface area contributed by atoms with Crippen molar-refractivity contribution in [3.05, 3.63) is 0 Å². The normalized spacial score (nSPS) is 25.6. The number of carboxylic acid groups (broad SMARTS) is 1. The number of hydrogen-bond donors (Lipinski definition) is 2. The monoisotopic (exact) mass is 254 g/mol. The Morgan fingerprint density at radius 3 is 2.78 bits per heavy atom. The van der Waals surface area contributed by atoms with Crippen LogP contribution in [-0.4, -0.2) is 40.6 Å². The number of carbonyl (C=O) groups is 2. The molecule has 18 heavy (non-hydrogen) atoms. The molecule has 5 heteroatoms. The maximum absolute atomic E-state index is 12.0. The van der Waals surface area contributed by atoms with Crippen LogP contribution in [0, 0.1) is 5.92 Å². The number of urea groups is 1. The minimum atomic E-state index is -0.748. The number of carbonyl (C=O) groups excluding carboxylic acids is 1. The van der Waals surface area contributed by atoms with Gasteiger partial charge in [-0.15, -0.1) is 0 Å². The van der Waals surface area contributed by atoms with Crippen molar-refractivity contribution < 1.29 is 14.7 Å². The molecule has 5 nitrogen and oxygen atoms in total. The second kappa shape index (κ2) is 5.16. The molecule has 1 heterocycles. The van der Waals surface area contributed by atoms with E-state index in [1.807, 2.05) is 4.90 Å². The fourth-order valence-corrected chi connectivity index (χ4v) is 2.46. The summed E-state index contributed by atoms with van der Waals surface area (Å²) in [6.07, 6.45) is 5.03. The van der Waals surface area contributed by atoms with E-state index < -0.39 is 5.97 Å². The molecule has 1 aliphatic carbocycles. The summed E-state index contributed by atoms with van der Waals surface area (Å²) in [6, 6.07) is 0.0232. The summed E-state index contributed by atoms with van der Waals surface area (Å²) in [5.74, 6) is -0.408. The highest BCUT2D eigenvalue weighted by molar-refractivity contribution is 5.75. The molecule has 2 aliphatic rings. The van der Waals surface area contributed by atoms with Crippen LogP contribution in [0.15, 0.2) is 0 Å². The van der Waals surface area contributed by atoms with Crippen molar-refractivity contribution >= 4 is 12.0 Å². The van der Waals surface area contributed by atoms with E-state index in [0.29, 0.717) is 18.9 Å². The van der Waals surface area contributed by atoms with Crippen molar-refractivity contribution in [2.75, 3.05) is 13.1 Å². The van der Waals surface area contributed by atoms with Crippen molar-refractivity contribution in [3.8, 4) is 0 Å². The predicted octanol–water partition coefficient (Wildman–Crippen LogP) is 1.83. The van der Waals surface area contributed by atoms with Gasteiger partial charge in [0.1, 0.15) is 0 Å². The van der Waals surface area contributed by atoms with Gasteiger partial charge < -0.3 is 15.3 Å². The lowest BCUT2D eigenvalue weighted by atomic mass is 9.93. The molecule has 1 aliphatic heterocycles. The molecule has 1 atom stereocenters. The third-order valence-corrected chi connectivity index (χ3v) is 3.98. The zero-order chi connectivity index (χ0) is 13.2. The third kappa shape index (κ3) is 3.62. The highest BCUT2D eigenvalue weighted by Crippen LogP contribution is 2.34.